The van der Waals surface area contributed by atoms with E-state index in [1.54, 1.807) is 0 Å². The highest BCUT2D eigenvalue weighted by molar-refractivity contribution is 5.57. The van der Waals surface area contributed by atoms with Crippen LogP contribution in [0, 0.1) is 0 Å². The molecule has 1 unspecified atom stereocenters. The van der Waals surface area contributed by atoms with Crippen LogP contribution in [0.15, 0.2) is 5.10 Å². The highest BCUT2D eigenvalue weighted by Gasteiger charge is 2.66. The quantitative estimate of drug-likeness (QED) is 0.674. The van der Waals surface area contributed by atoms with Crippen LogP contribution in [0.3, 0.4) is 0 Å². The van der Waals surface area contributed by atoms with Crippen LogP contribution in [-0.4, -0.2) is 48.1 Å². The molecule has 0 bridgehead atoms. The predicted molar refractivity (Wildman–Crippen MR) is 43.4 cm³/mol. The molecule has 1 rings (SSSR count). The molecule has 0 saturated heterocycles. The molecule has 0 fully saturated rings. The number of nitrogens with zero attached hydrogens (tertiary/aromatic N) is 3. The van der Waals surface area contributed by atoms with Crippen LogP contribution in [0.2, 0.25) is 0 Å². The van der Waals surface area contributed by atoms with Crippen LogP contribution < -0.4 is 0 Å². The molecule has 15 heavy (non-hydrogen) atoms. The molecule has 1 heterocycles. The minimum absolute atomic E-state index is 0.0167. The van der Waals surface area contributed by atoms with Gasteiger partial charge in [0.15, 0.2) is 6.17 Å². The summed E-state index contributed by atoms with van der Waals surface area (Å²) in [5.74, 6) is -4.81. The van der Waals surface area contributed by atoms with E-state index in [0.29, 0.717) is 5.01 Å². The summed E-state index contributed by atoms with van der Waals surface area (Å²) in [4.78, 5) is 0.747. The molecule has 1 aliphatic heterocycles. The van der Waals surface area contributed by atoms with E-state index in [0.717, 1.165) is 18.3 Å². The summed E-state index contributed by atoms with van der Waals surface area (Å²) in [7, 11) is 1.13. The van der Waals surface area contributed by atoms with Crippen LogP contribution in [0.4, 0.5) is 22.0 Å². The zero-order chi connectivity index (χ0) is 11.9. The van der Waals surface area contributed by atoms with E-state index >= 15 is 0 Å². The van der Waals surface area contributed by atoms with E-state index in [1.165, 1.54) is 6.92 Å². The summed E-state index contributed by atoms with van der Waals surface area (Å²) in [5, 5.41) is 4.15. The standard InChI is InChI=1S/C7H10F5N3/c1-3-15-5(14(2)4-13-15)6(8,9)7(10,11)12/h4-5H,3H2,1-2H3. The van der Waals surface area contributed by atoms with Crippen molar-refractivity contribution in [2.45, 2.75) is 25.2 Å². The third-order valence-electron chi connectivity index (χ3n) is 2.08. The number of hydrazone groups is 1. The summed E-state index contributed by atoms with van der Waals surface area (Å²) in [6.45, 7) is 1.44. The highest BCUT2D eigenvalue weighted by Crippen LogP contribution is 2.41. The fraction of sp³-hybridized carbons (Fsp3) is 0.857. The molecule has 0 aromatic rings. The largest absolute Gasteiger partial charge is 0.457 e. The molecule has 0 aromatic heterocycles. The molecule has 0 N–H and O–H groups in total. The van der Waals surface area contributed by atoms with Gasteiger partial charge in [-0.05, 0) is 6.92 Å². The van der Waals surface area contributed by atoms with Crippen molar-refractivity contribution >= 4 is 6.34 Å². The van der Waals surface area contributed by atoms with Crippen LogP contribution in [0.5, 0.6) is 0 Å². The van der Waals surface area contributed by atoms with Crippen molar-refractivity contribution in [3.8, 4) is 0 Å². The third-order valence-corrected chi connectivity index (χ3v) is 2.08. The maximum atomic E-state index is 13.0. The van der Waals surface area contributed by atoms with E-state index < -0.39 is 18.3 Å². The Morgan fingerprint density at radius 2 is 1.80 bits per heavy atom. The van der Waals surface area contributed by atoms with Gasteiger partial charge in [-0.25, -0.2) is 0 Å². The van der Waals surface area contributed by atoms with E-state index in [2.05, 4.69) is 5.10 Å². The summed E-state index contributed by atoms with van der Waals surface area (Å²) in [5.41, 5.74) is 0. The van der Waals surface area contributed by atoms with E-state index in [-0.39, 0.29) is 6.54 Å². The van der Waals surface area contributed by atoms with Gasteiger partial charge in [0, 0.05) is 13.6 Å². The fourth-order valence-corrected chi connectivity index (χ4v) is 1.33. The number of rotatable bonds is 2. The molecular formula is C7H10F5N3. The summed E-state index contributed by atoms with van der Waals surface area (Å²) in [6, 6.07) is 0. The molecule has 88 valence electrons. The summed E-state index contributed by atoms with van der Waals surface area (Å²) in [6.07, 6.45) is -6.72. The van der Waals surface area contributed by atoms with Gasteiger partial charge in [0.2, 0.25) is 0 Å². The predicted octanol–water partition coefficient (Wildman–Crippen LogP) is 1.72. The van der Waals surface area contributed by atoms with E-state index in [1.807, 2.05) is 0 Å². The molecule has 0 spiro atoms. The summed E-state index contributed by atoms with van der Waals surface area (Å²) >= 11 is 0. The zero-order valence-corrected chi connectivity index (χ0v) is 8.09. The van der Waals surface area contributed by atoms with Crippen molar-refractivity contribution in [3.63, 3.8) is 0 Å². The molecule has 8 heteroatoms. The molecule has 1 aliphatic rings. The minimum Gasteiger partial charge on any atom is -0.337 e. The maximum absolute atomic E-state index is 13.0. The zero-order valence-electron chi connectivity index (χ0n) is 8.09. The molecular weight excluding hydrogens is 221 g/mol. The van der Waals surface area contributed by atoms with Crippen molar-refractivity contribution in [1.29, 1.82) is 0 Å². The number of alkyl halides is 5. The Bertz CT molecular complexity index is 262. The Kier molecular flexibility index (Phi) is 2.79. The topological polar surface area (TPSA) is 18.8 Å². The Hall–Kier alpha value is -1.08. The third kappa shape index (κ3) is 1.84. The van der Waals surface area contributed by atoms with Crippen LogP contribution in [0.25, 0.3) is 0 Å². The number of hydrogen-bond donors (Lipinski definition) is 0. The van der Waals surface area contributed by atoms with Gasteiger partial charge in [-0.1, -0.05) is 0 Å². The van der Waals surface area contributed by atoms with Crippen molar-refractivity contribution < 1.29 is 22.0 Å². The lowest BCUT2D eigenvalue weighted by molar-refractivity contribution is -0.312. The molecule has 0 aromatic carbocycles. The smallest absolute Gasteiger partial charge is 0.337 e. The minimum atomic E-state index is -5.58. The first-order valence-electron chi connectivity index (χ1n) is 4.19. The second-order valence-corrected chi connectivity index (χ2v) is 3.15. The normalized spacial score (nSPS) is 22.7. The first-order valence-corrected chi connectivity index (χ1v) is 4.19. The van der Waals surface area contributed by atoms with Crippen molar-refractivity contribution in [2.75, 3.05) is 13.6 Å². The molecule has 3 nitrogen and oxygen atoms in total. The SMILES string of the molecule is CCN1N=CN(C)C1C(F)(F)C(F)(F)F. The van der Waals surface area contributed by atoms with Crippen molar-refractivity contribution in [3.05, 3.63) is 0 Å². The number of halogens is 5. The lowest BCUT2D eigenvalue weighted by Gasteiger charge is -2.34. The van der Waals surface area contributed by atoms with Crippen LogP contribution in [0.1, 0.15) is 6.92 Å². The van der Waals surface area contributed by atoms with Crippen molar-refractivity contribution in [1.82, 2.24) is 9.91 Å². The van der Waals surface area contributed by atoms with Gasteiger partial charge in [0.1, 0.15) is 6.34 Å². The van der Waals surface area contributed by atoms with Crippen LogP contribution >= 0.6 is 0 Å². The first kappa shape index (κ1) is 12.0. The van der Waals surface area contributed by atoms with Gasteiger partial charge in [-0.15, -0.1) is 0 Å². The summed E-state index contributed by atoms with van der Waals surface area (Å²) < 4.78 is 62.4. The van der Waals surface area contributed by atoms with Gasteiger partial charge in [-0.2, -0.15) is 27.1 Å². The highest BCUT2D eigenvalue weighted by atomic mass is 19.4. The Balaban J connectivity index is 2.96. The average molecular weight is 231 g/mol. The Morgan fingerprint density at radius 3 is 2.20 bits per heavy atom. The maximum Gasteiger partial charge on any atom is 0.457 e. The molecule has 0 aliphatic carbocycles. The molecule has 0 amide bonds. The molecule has 0 radical (unpaired) electrons. The first-order chi connectivity index (χ1) is 6.71. The van der Waals surface area contributed by atoms with Gasteiger partial charge >= 0.3 is 12.1 Å². The fourth-order valence-electron chi connectivity index (χ4n) is 1.33. The van der Waals surface area contributed by atoms with E-state index in [9.17, 15) is 22.0 Å². The number of hydrogen-bond acceptors (Lipinski definition) is 3. The van der Waals surface area contributed by atoms with Crippen LogP contribution in [-0.2, 0) is 0 Å². The average Bonchev–Trinajstić information content (AvgIpc) is 2.44. The van der Waals surface area contributed by atoms with Crippen molar-refractivity contribution in [2.24, 2.45) is 5.10 Å². The molecule has 0 saturated carbocycles. The van der Waals surface area contributed by atoms with Gasteiger partial charge in [0.25, 0.3) is 0 Å². The monoisotopic (exact) mass is 231 g/mol. The second kappa shape index (κ2) is 3.49. The van der Waals surface area contributed by atoms with Gasteiger partial charge < -0.3 is 4.90 Å². The second-order valence-electron chi connectivity index (χ2n) is 3.15. The van der Waals surface area contributed by atoms with E-state index in [4.69, 9.17) is 0 Å². The Labute approximate surface area is 83.1 Å². The van der Waals surface area contributed by atoms with Gasteiger partial charge in [0.05, 0.1) is 0 Å². The lowest BCUT2D eigenvalue weighted by Crippen LogP contribution is -2.58. The Morgan fingerprint density at radius 1 is 1.27 bits per heavy atom. The molecule has 1 atom stereocenters. The van der Waals surface area contributed by atoms with Gasteiger partial charge in [-0.3, -0.25) is 5.01 Å². The lowest BCUT2D eigenvalue weighted by atomic mass is 10.2.